The van der Waals surface area contributed by atoms with Crippen LogP contribution in [0.2, 0.25) is 0 Å². The molecule has 0 saturated heterocycles. The third kappa shape index (κ3) is 3.26. The van der Waals surface area contributed by atoms with Crippen LogP contribution >= 0.6 is 0 Å². The van der Waals surface area contributed by atoms with Crippen molar-refractivity contribution in [1.82, 2.24) is 4.57 Å². The second-order valence-corrected chi connectivity index (χ2v) is 4.83. The number of hydrogen-bond donors (Lipinski definition) is 0. The molecule has 0 aliphatic carbocycles. The van der Waals surface area contributed by atoms with Gasteiger partial charge in [0.25, 0.3) is 0 Å². The Bertz CT molecular complexity index is 604. The molecule has 0 amide bonds. The predicted octanol–water partition coefficient (Wildman–Crippen LogP) is 2.98. The van der Waals surface area contributed by atoms with Crippen molar-refractivity contribution >= 4 is 17.8 Å². The van der Waals surface area contributed by atoms with Gasteiger partial charge in [-0.15, -0.1) is 0 Å². The number of carbonyl (C=O) groups is 2. The first kappa shape index (κ1) is 16.0. The highest BCUT2D eigenvalue weighted by Gasteiger charge is 2.16. The molecule has 4 nitrogen and oxygen atoms in total. The molecule has 4 heteroatoms. The van der Waals surface area contributed by atoms with Crippen molar-refractivity contribution in [2.45, 2.75) is 27.7 Å². The van der Waals surface area contributed by atoms with Gasteiger partial charge in [-0.25, -0.2) is 4.79 Å². The number of hydrogen-bond acceptors (Lipinski definition) is 3. The Morgan fingerprint density at radius 2 is 1.80 bits per heavy atom. The molecule has 1 aromatic rings. The van der Waals surface area contributed by atoms with Crippen LogP contribution in [-0.2, 0) is 16.6 Å². The van der Waals surface area contributed by atoms with Gasteiger partial charge in [0, 0.05) is 30.1 Å². The van der Waals surface area contributed by atoms with E-state index in [-0.39, 0.29) is 11.8 Å². The number of ether oxygens (including phenoxy) is 1. The van der Waals surface area contributed by atoms with Crippen molar-refractivity contribution in [2.75, 3.05) is 7.11 Å². The molecule has 0 fully saturated rings. The first-order chi connectivity index (χ1) is 9.29. The zero-order valence-electron chi connectivity index (χ0n) is 12.9. The Kier molecular flexibility index (Phi) is 5.08. The summed E-state index contributed by atoms with van der Waals surface area (Å²) in [7, 11) is 3.27. The minimum absolute atomic E-state index is 0.0667. The minimum atomic E-state index is -0.378. The summed E-state index contributed by atoms with van der Waals surface area (Å²) in [6, 6.07) is 0. The van der Waals surface area contributed by atoms with Crippen LogP contribution in [0.5, 0.6) is 0 Å². The lowest BCUT2D eigenvalue weighted by atomic mass is 10.1. The van der Waals surface area contributed by atoms with Crippen molar-refractivity contribution in [2.24, 2.45) is 7.05 Å². The fraction of sp³-hybridized carbons (Fsp3) is 0.375. The Labute approximate surface area is 119 Å². The standard InChI is InChI=1S/C16H21NO3/c1-10(9-15(19)20-6)7-8-14-11(2)16(13(4)18)12(3)17(14)5/h7-9H,1-6H3/b8-7+,10-9-. The Morgan fingerprint density at radius 1 is 1.20 bits per heavy atom. The molecule has 1 rings (SSSR count). The fourth-order valence-electron chi connectivity index (χ4n) is 2.26. The number of aromatic nitrogens is 1. The Hall–Kier alpha value is -2.10. The van der Waals surface area contributed by atoms with E-state index in [9.17, 15) is 9.59 Å². The lowest BCUT2D eigenvalue weighted by Crippen LogP contribution is -1.97. The SMILES string of the molecule is COC(=O)/C=C(C)\C=C\c1c(C)c(C(C)=O)c(C)n1C. The van der Waals surface area contributed by atoms with Crippen molar-refractivity contribution in [3.8, 4) is 0 Å². The third-order valence-electron chi connectivity index (χ3n) is 3.39. The number of rotatable bonds is 4. The number of ketones is 1. The van der Waals surface area contributed by atoms with Gasteiger partial charge in [0.1, 0.15) is 0 Å². The molecule has 0 radical (unpaired) electrons. The maximum absolute atomic E-state index is 11.7. The van der Waals surface area contributed by atoms with Gasteiger partial charge in [-0.1, -0.05) is 6.08 Å². The van der Waals surface area contributed by atoms with E-state index in [0.29, 0.717) is 0 Å². The smallest absolute Gasteiger partial charge is 0.330 e. The topological polar surface area (TPSA) is 48.3 Å². The van der Waals surface area contributed by atoms with Crippen molar-refractivity contribution < 1.29 is 14.3 Å². The molecule has 0 aliphatic rings. The molecule has 0 spiro atoms. The zero-order chi connectivity index (χ0) is 15.4. The Balaban J connectivity index is 3.17. The number of methoxy groups -OCH3 is 1. The minimum Gasteiger partial charge on any atom is -0.466 e. The number of carbonyl (C=O) groups excluding carboxylic acids is 2. The maximum Gasteiger partial charge on any atom is 0.330 e. The lowest BCUT2D eigenvalue weighted by Gasteiger charge is -2.01. The summed E-state index contributed by atoms with van der Waals surface area (Å²) in [4.78, 5) is 22.8. The number of esters is 1. The average molecular weight is 275 g/mol. The van der Waals surface area contributed by atoms with Crippen LogP contribution in [0.15, 0.2) is 17.7 Å². The van der Waals surface area contributed by atoms with Gasteiger partial charge in [0.2, 0.25) is 0 Å². The number of allylic oxidation sites excluding steroid dienone is 2. The zero-order valence-corrected chi connectivity index (χ0v) is 12.9. The summed E-state index contributed by atoms with van der Waals surface area (Å²) in [6.07, 6.45) is 5.17. The highest BCUT2D eigenvalue weighted by atomic mass is 16.5. The second-order valence-electron chi connectivity index (χ2n) is 4.83. The first-order valence-corrected chi connectivity index (χ1v) is 6.40. The highest BCUT2D eigenvalue weighted by Crippen LogP contribution is 2.23. The summed E-state index contributed by atoms with van der Waals surface area (Å²) in [5.74, 6) is -0.312. The molecular formula is C16H21NO3. The van der Waals surface area contributed by atoms with E-state index in [1.807, 2.05) is 44.5 Å². The monoisotopic (exact) mass is 275 g/mol. The quantitative estimate of drug-likeness (QED) is 0.367. The second kappa shape index (κ2) is 6.37. The largest absolute Gasteiger partial charge is 0.466 e. The molecule has 1 heterocycles. The molecule has 20 heavy (non-hydrogen) atoms. The van der Waals surface area contributed by atoms with E-state index in [4.69, 9.17) is 0 Å². The van der Waals surface area contributed by atoms with Gasteiger partial charge in [0.05, 0.1) is 7.11 Å². The average Bonchev–Trinajstić information content (AvgIpc) is 2.58. The van der Waals surface area contributed by atoms with E-state index in [1.165, 1.54) is 13.2 Å². The summed E-state index contributed by atoms with van der Waals surface area (Å²) in [6.45, 7) is 7.26. The van der Waals surface area contributed by atoms with Crippen LogP contribution in [-0.4, -0.2) is 23.4 Å². The summed E-state index contributed by atoms with van der Waals surface area (Å²) in [5, 5.41) is 0. The van der Waals surface area contributed by atoms with Gasteiger partial charge in [-0.05, 0) is 44.9 Å². The van der Waals surface area contributed by atoms with E-state index in [1.54, 1.807) is 6.92 Å². The highest BCUT2D eigenvalue weighted by molar-refractivity contribution is 5.97. The van der Waals surface area contributed by atoms with Crippen LogP contribution in [0, 0.1) is 13.8 Å². The van der Waals surface area contributed by atoms with Crippen molar-refractivity contribution in [3.63, 3.8) is 0 Å². The predicted molar refractivity (Wildman–Crippen MR) is 79.7 cm³/mol. The maximum atomic E-state index is 11.7. The molecule has 0 unspecified atom stereocenters. The summed E-state index contributed by atoms with van der Waals surface area (Å²) < 4.78 is 6.56. The first-order valence-electron chi connectivity index (χ1n) is 6.40. The van der Waals surface area contributed by atoms with Gasteiger partial charge in [0.15, 0.2) is 5.78 Å². The number of Topliss-reactive ketones (excluding diaryl/α,β-unsaturated/α-hetero) is 1. The fourth-order valence-corrected chi connectivity index (χ4v) is 2.26. The third-order valence-corrected chi connectivity index (χ3v) is 3.39. The molecular weight excluding hydrogens is 254 g/mol. The van der Waals surface area contributed by atoms with Crippen LogP contribution in [0.4, 0.5) is 0 Å². The van der Waals surface area contributed by atoms with Crippen LogP contribution < -0.4 is 0 Å². The molecule has 1 aromatic heterocycles. The van der Waals surface area contributed by atoms with Gasteiger partial charge < -0.3 is 9.30 Å². The van der Waals surface area contributed by atoms with E-state index in [2.05, 4.69) is 4.74 Å². The molecule has 108 valence electrons. The summed E-state index contributed by atoms with van der Waals surface area (Å²) >= 11 is 0. The van der Waals surface area contributed by atoms with Gasteiger partial charge >= 0.3 is 5.97 Å². The van der Waals surface area contributed by atoms with Crippen LogP contribution in [0.1, 0.15) is 41.2 Å². The molecule has 0 saturated carbocycles. The van der Waals surface area contributed by atoms with Gasteiger partial charge in [-0.2, -0.15) is 0 Å². The van der Waals surface area contributed by atoms with Crippen LogP contribution in [0.25, 0.3) is 6.08 Å². The van der Waals surface area contributed by atoms with E-state index < -0.39 is 0 Å². The number of nitrogens with zero attached hydrogens (tertiary/aromatic N) is 1. The Morgan fingerprint density at radius 3 is 2.25 bits per heavy atom. The van der Waals surface area contributed by atoms with Crippen molar-refractivity contribution in [3.05, 3.63) is 40.2 Å². The van der Waals surface area contributed by atoms with Gasteiger partial charge in [-0.3, -0.25) is 4.79 Å². The van der Waals surface area contributed by atoms with E-state index >= 15 is 0 Å². The molecule has 0 aromatic carbocycles. The van der Waals surface area contributed by atoms with Crippen molar-refractivity contribution in [1.29, 1.82) is 0 Å². The van der Waals surface area contributed by atoms with Crippen LogP contribution in [0.3, 0.4) is 0 Å². The van der Waals surface area contributed by atoms with E-state index in [0.717, 1.165) is 28.1 Å². The molecule has 0 aliphatic heterocycles. The lowest BCUT2D eigenvalue weighted by molar-refractivity contribution is -0.134. The molecule has 0 N–H and O–H groups in total. The molecule has 0 atom stereocenters. The summed E-state index contributed by atoms with van der Waals surface area (Å²) in [5.41, 5.74) is 4.43. The normalized spacial score (nSPS) is 12.0. The molecule has 0 bridgehead atoms.